The molecule has 1 aliphatic carbocycles. The number of hydrogen-bond acceptors (Lipinski definition) is 1. The van der Waals surface area contributed by atoms with Gasteiger partial charge in [-0.15, -0.1) is 0 Å². The lowest BCUT2D eigenvalue weighted by molar-refractivity contribution is 0.306. The van der Waals surface area contributed by atoms with Crippen LogP contribution in [0.1, 0.15) is 52.4 Å². The monoisotopic (exact) mass is 169 g/mol. The van der Waals surface area contributed by atoms with E-state index in [1.54, 1.807) is 0 Å². The molecule has 12 heavy (non-hydrogen) atoms. The molecule has 0 unspecified atom stereocenters. The number of nitrogens with one attached hydrogen (secondary N) is 1. The standard InChI is InChI=1S/C11H23N/c1-4-6-10(7-5-2)11(12-3)8-9-11/h10,12H,4-9H2,1-3H3. The lowest BCUT2D eigenvalue weighted by Crippen LogP contribution is -2.35. The van der Waals surface area contributed by atoms with Crippen LogP contribution < -0.4 is 5.32 Å². The van der Waals surface area contributed by atoms with Gasteiger partial charge in [0.1, 0.15) is 0 Å². The van der Waals surface area contributed by atoms with Crippen molar-refractivity contribution >= 4 is 0 Å². The first kappa shape index (κ1) is 10.0. The average Bonchev–Trinajstić information content (AvgIpc) is 2.85. The summed E-state index contributed by atoms with van der Waals surface area (Å²) in [6.45, 7) is 4.60. The molecular formula is C11H23N. The first-order valence-electron chi connectivity index (χ1n) is 5.48. The molecule has 1 nitrogen and oxygen atoms in total. The molecule has 0 saturated heterocycles. The van der Waals surface area contributed by atoms with E-state index in [9.17, 15) is 0 Å². The van der Waals surface area contributed by atoms with Crippen LogP contribution in [0.3, 0.4) is 0 Å². The van der Waals surface area contributed by atoms with E-state index in [0.29, 0.717) is 5.54 Å². The molecule has 0 aromatic rings. The molecular weight excluding hydrogens is 146 g/mol. The van der Waals surface area contributed by atoms with E-state index in [1.165, 1.54) is 38.5 Å². The van der Waals surface area contributed by atoms with E-state index in [-0.39, 0.29) is 0 Å². The lowest BCUT2D eigenvalue weighted by Gasteiger charge is -2.26. The highest BCUT2D eigenvalue weighted by molar-refractivity contribution is 5.05. The maximum Gasteiger partial charge on any atom is 0.0208 e. The van der Waals surface area contributed by atoms with Gasteiger partial charge in [0.25, 0.3) is 0 Å². The third kappa shape index (κ3) is 2.01. The molecule has 1 saturated carbocycles. The van der Waals surface area contributed by atoms with Gasteiger partial charge in [0.2, 0.25) is 0 Å². The van der Waals surface area contributed by atoms with Crippen molar-refractivity contribution in [1.82, 2.24) is 5.32 Å². The van der Waals surface area contributed by atoms with Crippen molar-refractivity contribution < 1.29 is 0 Å². The Labute approximate surface area is 76.9 Å². The maximum absolute atomic E-state index is 3.52. The Hall–Kier alpha value is -0.0400. The Morgan fingerprint density at radius 3 is 1.92 bits per heavy atom. The molecule has 0 heterocycles. The van der Waals surface area contributed by atoms with Crippen molar-refractivity contribution in [2.45, 2.75) is 57.9 Å². The van der Waals surface area contributed by atoms with Gasteiger partial charge in [0.05, 0.1) is 0 Å². The second kappa shape index (κ2) is 4.27. The van der Waals surface area contributed by atoms with Crippen LogP contribution >= 0.6 is 0 Å². The van der Waals surface area contributed by atoms with Crippen molar-refractivity contribution in [3.8, 4) is 0 Å². The summed E-state index contributed by atoms with van der Waals surface area (Å²) in [5.74, 6) is 0.942. The van der Waals surface area contributed by atoms with Crippen molar-refractivity contribution in [1.29, 1.82) is 0 Å². The van der Waals surface area contributed by atoms with E-state index in [1.807, 2.05) is 0 Å². The van der Waals surface area contributed by atoms with Gasteiger partial charge in [-0.3, -0.25) is 0 Å². The zero-order valence-corrected chi connectivity index (χ0v) is 8.82. The Bertz CT molecular complexity index is 121. The number of rotatable bonds is 6. The van der Waals surface area contributed by atoms with Gasteiger partial charge in [-0.25, -0.2) is 0 Å². The molecule has 0 bridgehead atoms. The van der Waals surface area contributed by atoms with E-state index in [4.69, 9.17) is 0 Å². The molecule has 0 aromatic carbocycles. The summed E-state index contributed by atoms with van der Waals surface area (Å²) in [5, 5.41) is 3.52. The van der Waals surface area contributed by atoms with Gasteiger partial charge in [0.15, 0.2) is 0 Å². The van der Waals surface area contributed by atoms with Crippen LogP contribution in [0.5, 0.6) is 0 Å². The summed E-state index contributed by atoms with van der Waals surface area (Å²) < 4.78 is 0. The molecule has 1 aliphatic rings. The topological polar surface area (TPSA) is 12.0 Å². The Morgan fingerprint density at radius 2 is 1.67 bits per heavy atom. The molecule has 1 heteroatoms. The predicted molar refractivity (Wildman–Crippen MR) is 54.3 cm³/mol. The van der Waals surface area contributed by atoms with Crippen LogP contribution in [0.4, 0.5) is 0 Å². The van der Waals surface area contributed by atoms with Crippen molar-refractivity contribution in [2.24, 2.45) is 5.92 Å². The molecule has 0 aromatic heterocycles. The highest BCUT2D eigenvalue weighted by atomic mass is 15.0. The summed E-state index contributed by atoms with van der Waals surface area (Å²) in [7, 11) is 2.13. The van der Waals surface area contributed by atoms with E-state index in [2.05, 4.69) is 26.2 Å². The third-order valence-electron chi connectivity index (χ3n) is 3.34. The lowest BCUT2D eigenvalue weighted by atomic mass is 9.88. The Morgan fingerprint density at radius 1 is 1.17 bits per heavy atom. The zero-order valence-electron chi connectivity index (χ0n) is 8.82. The van der Waals surface area contributed by atoms with Crippen LogP contribution in [0, 0.1) is 5.92 Å². The smallest absolute Gasteiger partial charge is 0.0208 e. The minimum atomic E-state index is 0.562. The average molecular weight is 169 g/mol. The first-order chi connectivity index (χ1) is 5.79. The Balaban J connectivity index is 2.41. The molecule has 1 fully saturated rings. The van der Waals surface area contributed by atoms with Gasteiger partial charge in [0, 0.05) is 5.54 Å². The van der Waals surface area contributed by atoms with E-state index in [0.717, 1.165) is 5.92 Å². The molecule has 1 N–H and O–H groups in total. The highest BCUT2D eigenvalue weighted by Gasteiger charge is 2.46. The zero-order chi connectivity index (χ0) is 9.03. The first-order valence-corrected chi connectivity index (χ1v) is 5.48. The van der Waals surface area contributed by atoms with Gasteiger partial charge >= 0.3 is 0 Å². The van der Waals surface area contributed by atoms with Crippen LogP contribution in [0.25, 0.3) is 0 Å². The van der Waals surface area contributed by atoms with E-state index >= 15 is 0 Å². The SMILES string of the molecule is CCCC(CCC)C1(NC)CC1. The summed E-state index contributed by atoms with van der Waals surface area (Å²) in [6.07, 6.45) is 8.33. The number of hydrogen-bond donors (Lipinski definition) is 1. The van der Waals surface area contributed by atoms with Gasteiger partial charge in [-0.2, -0.15) is 0 Å². The van der Waals surface area contributed by atoms with Crippen LogP contribution in [0.15, 0.2) is 0 Å². The van der Waals surface area contributed by atoms with Crippen molar-refractivity contribution in [3.63, 3.8) is 0 Å². The van der Waals surface area contributed by atoms with E-state index < -0.39 is 0 Å². The summed E-state index contributed by atoms with van der Waals surface area (Å²) in [5.41, 5.74) is 0.562. The normalized spacial score (nSPS) is 20.0. The minimum absolute atomic E-state index is 0.562. The van der Waals surface area contributed by atoms with Crippen molar-refractivity contribution in [2.75, 3.05) is 7.05 Å². The van der Waals surface area contributed by atoms with Gasteiger partial charge in [-0.1, -0.05) is 26.7 Å². The molecule has 72 valence electrons. The molecule has 0 spiro atoms. The van der Waals surface area contributed by atoms with Crippen LogP contribution in [0.2, 0.25) is 0 Å². The fourth-order valence-electron chi connectivity index (χ4n) is 2.39. The highest BCUT2D eigenvalue weighted by Crippen LogP contribution is 2.45. The van der Waals surface area contributed by atoms with Gasteiger partial charge in [-0.05, 0) is 38.6 Å². The molecule has 1 rings (SSSR count). The van der Waals surface area contributed by atoms with Crippen LogP contribution in [-0.2, 0) is 0 Å². The van der Waals surface area contributed by atoms with Gasteiger partial charge < -0.3 is 5.32 Å². The quantitative estimate of drug-likeness (QED) is 0.644. The summed E-state index contributed by atoms with van der Waals surface area (Å²) in [4.78, 5) is 0. The summed E-state index contributed by atoms with van der Waals surface area (Å²) >= 11 is 0. The summed E-state index contributed by atoms with van der Waals surface area (Å²) in [6, 6.07) is 0. The van der Waals surface area contributed by atoms with Crippen molar-refractivity contribution in [3.05, 3.63) is 0 Å². The molecule has 0 radical (unpaired) electrons. The fourth-order valence-corrected chi connectivity index (χ4v) is 2.39. The third-order valence-corrected chi connectivity index (χ3v) is 3.34. The molecule has 0 aliphatic heterocycles. The molecule has 0 atom stereocenters. The molecule has 0 amide bonds. The minimum Gasteiger partial charge on any atom is -0.314 e. The van der Waals surface area contributed by atoms with Crippen LogP contribution in [-0.4, -0.2) is 12.6 Å². The fraction of sp³-hybridized carbons (Fsp3) is 1.00. The second-order valence-corrected chi connectivity index (χ2v) is 4.18. The maximum atomic E-state index is 3.52. The predicted octanol–water partition coefficient (Wildman–Crippen LogP) is 2.95. The largest absolute Gasteiger partial charge is 0.314 e. The Kier molecular flexibility index (Phi) is 3.57. The second-order valence-electron chi connectivity index (χ2n) is 4.18.